The number of rotatable bonds is 2. The molecule has 0 spiro atoms. The Labute approximate surface area is 58.8 Å². The SMILES string of the molecule is C#C.CC(C)NC(C)C. The summed E-state index contributed by atoms with van der Waals surface area (Å²) in [5.41, 5.74) is 0. The van der Waals surface area contributed by atoms with E-state index >= 15 is 0 Å². The molecule has 1 N–H and O–H groups in total. The molecule has 0 atom stereocenters. The zero-order valence-electron chi connectivity index (χ0n) is 6.81. The number of hydrogen-bond acceptors (Lipinski definition) is 1. The molecule has 0 saturated carbocycles. The zero-order chi connectivity index (χ0) is 7.86. The molecule has 0 aliphatic rings. The molecular formula is C8H17N. The molecule has 0 aromatic heterocycles. The Morgan fingerprint density at radius 1 is 0.889 bits per heavy atom. The summed E-state index contributed by atoms with van der Waals surface area (Å²) in [7, 11) is 0. The first-order chi connectivity index (χ1) is 4.13. The highest BCUT2D eigenvalue weighted by molar-refractivity contribution is 4.55. The Kier molecular flexibility index (Phi) is 9.47. The van der Waals surface area contributed by atoms with E-state index < -0.39 is 0 Å². The second-order valence-corrected chi connectivity index (χ2v) is 2.48. The third-order valence-electron chi connectivity index (χ3n) is 0.667. The van der Waals surface area contributed by atoms with Crippen molar-refractivity contribution < 1.29 is 0 Å². The smallest absolute Gasteiger partial charge is 0.00127 e. The van der Waals surface area contributed by atoms with Crippen molar-refractivity contribution in [2.45, 2.75) is 39.8 Å². The summed E-state index contributed by atoms with van der Waals surface area (Å²) >= 11 is 0. The number of nitrogens with one attached hydrogen (secondary N) is 1. The minimum atomic E-state index is 0.625. The van der Waals surface area contributed by atoms with Gasteiger partial charge >= 0.3 is 0 Å². The maximum absolute atomic E-state index is 4.00. The van der Waals surface area contributed by atoms with Crippen molar-refractivity contribution in [3.05, 3.63) is 0 Å². The number of hydrogen-bond donors (Lipinski definition) is 1. The summed E-state index contributed by atoms with van der Waals surface area (Å²) in [6, 6.07) is 1.25. The largest absolute Gasteiger partial charge is 0.312 e. The molecule has 0 unspecified atom stereocenters. The average Bonchev–Trinajstić information content (AvgIpc) is 1.68. The molecule has 0 aliphatic heterocycles. The molecule has 0 saturated heterocycles. The molecule has 0 heterocycles. The van der Waals surface area contributed by atoms with E-state index in [1.165, 1.54) is 0 Å². The van der Waals surface area contributed by atoms with Gasteiger partial charge in [-0.2, -0.15) is 0 Å². The van der Waals surface area contributed by atoms with Crippen LogP contribution >= 0.6 is 0 Å². The quantitative estimate of drug-likeness (QED) is 0.556. The van der Waals surface area contributed by atoms with E-state index in [4.69, 9.17) is 0 Å². The zero-order valence-corrected chi connectivity index (χ0v) is 6.81. The minimum Gasteiger partial charge on any atom is -0.312 e. The summed E-state index contributed by atoms with van der Waals surface area (Å²) in [6.07, 6.45) is 8.00. The van der Waals surface area contributed by atoms with Gasteiger partial charge in [-0.1, -0.05) is 27.7 Å². The highest BCUT2D eigenvalue weighted by Crippen LogP contribution is 1.80. The van der Waals surface area contributed by atoms with Crippen LogP contribution in [0.5, 0.6) is 0 Å². The first-order valence-electron chi connectivity index (χ1n) is 3.22. The topological polar surface area (TPSA) is 12.0 Å². The van der Waals surface area contributed by atoms with Gasteiger partial charge in [0.2, 0.25) is 0 Å². The van der Waals surface area contributed by atoms with Gasteiger partial charge < -0.3 is 5.32 Å². The summed E-state index contributed by atoms with van der Waals surface area (Å²) in [5.74, 6) is 0. The maximum Gasteiger partial charge on any atom is 0.00127 e. The predicted molar refractivity (Wildman–Crippen MR) is 43.3 cm³/mol. The maximum atomic E-state index is 4.00. The molecule has 0 aliphatic carbocycles. The Morgan fingerprint density at radius 2 is 1.11 bits per heavy atom. The Balaban J connectivity index is 0. The molecule has 54 valence electrons. The molecular weight excluding hydrogens is 110 g/mol. The molecule has 0 fully saturated rings. The van der Waals surface area contributed by atoms with Gasteiger partial charge in [0.25, 0.3) is 0 Å². The molecule has 0 aromatic carbocycles. The summed E-state index contributed by atoms with van der Waals surface area (Å²) in [4.78, 5) is 0. The van der Waals surface area contributed by atoms with Gasteiger partial charge in [0.15, 0.2) is 0 Å². The molecule has 9 heavy (non-hydrogen) atoms. The highest BCUT2D eigenvalue weighted by Gasteiger charge is 1.92. The van der Waals surface area contributed by atoms with Crippen molar-refractivity contribution in [3.63, 3.8) is 0 Å². The van der Waals surface area contributed by atoms with Crippen molar-refractivity contribution >= 4 is 0 Å². The lowest BCUT2D eigenvalue weighted by atomic mass is 10.3. The first kappa shape index (κ1) is 11.3. The minimum absolute atomic E-state index is 0.625. The summed E-state index contributed by atoms with van der Waals surface area (Å²) < 4.78 is 0. The van der Waals surface area contributed by atoms with Crippen molar-refractivity contribution in [2.75, 3.05) is 0 Å². The molecule has 1 nitrogen and oxygen atoms in total. The van der Waals surface area contributed by atoms with Crippen LogP contribution in [0.4, 0.5) is 0 Å². The van der Waals surface area contributed by atoms with Crippen molar-refractivity contribution in [3.8, 4) is 12.8 Å². The lowest BCUT2D eigenvalue weighted by molar-refractivity contribution is 0.518. The van der Waals surface area contributed by atoms with Crippen molar-refractivity contribution in [1.29, 1.82) is 0 Å². The van der Waals surface area contributed by atoms with Crippen LogP contribution in [0.3, 0.4) is 0 Å². The second-order valence-electron chi connectivity index (χ2n) is 2.48. The lowest BCUT2D eigenvalue weighted by Crippen LogP contribution is -2.29. The van der Waals surface area contributed by atoms with Crippen LogP contribution in [0.1, 0.15) is 27.7 Å². The van der Waals surface area contributed by atoms with Crippen LogP contribution in [-0.2, 0) is 0 Å². The van der Waals surface area contributed by atoms with E-state index in [9.17, 15) is 0 Å². The highest BCUT2D eigenvalue weighted by atomic mass is 14.9. The van der Waals surface area contributed by atoms with Gasteiger partial charge in [0.05, 0.1) is 0 Å². The Bertz CT molecular complexity index is 56.2. The van der Waals surface area contributed by atoms with Gasteiger partial charge in [-0.25, -0.2) is 0 Å². The second kappa shape index (κ2) is 7.52. The van der Waals surface area contributed by atoms with Crippen molar-refractivity contribution in [1.82, 2.24) is 5.32 Å². The van der Waals surface area contributed by atoms with Crippen LogP contribution in [-0.4, -0.2) is 12.1 Å². The van der Waals surface area contributed by atoms with Crippen molar-refractivity contribution in [2.24, 2.45) is 0 Å². The predicted octanol–water partition coefficient (Wildman–Crippen LogP) is 1.64. The van der Waals surface area contributed by atoms with E-state index in [0.29, 0.717) is 12.1 Å². The van der Waals surface area contributed by atoms with E-state index in [-0.39, 0.29) is 0 Å². The van der Waals surface area contributed by atoms with Gasteiger partial charge in [-0.15, -0.1) is 12.8 Å². The van der Waals surface area contributed by atoms with E-state index in [1.807, 2.05) is 0 Å². The van der Waals surface area contributed by atoms with Gasteiger partial charge in [0, 0.05) is 12.1 Å². The summed E-state index contributed by atoms with van der Waals surface area (Å²) in [5, 5.41) is 3.31. The molecule has 0 rings (SSSR count). The fourth-order valence-electron chi connectivity index (χ4n) is 0.667. The van der Waals surface area contributed by atoms with Crippen LogP contribution < -0.4 is 5.32 Å². The monoisotopic (exact) mass is 127 g/mol. The fraction of sp³-hybridized carbons (Fsp3) is 0.750. The Hall–Kier alpha value is -0.480. The number of terminal acetylenes is 1. The van der Waals surface area contributed by atoms with E-state index in [0.717, 1.165) is 0 Å². The standard InChI is InChI=1S/C6H15N.C2H2/c1-5(2)7-6(3)4;1-2/h5-7H,1-4H3;1-2H. The molecule has 1 heteroatoms. The van der Waals surface area contributed by atoms with Gasteiger partial charge in [-0.3, -0.25) is 0 Å². The van der Waals surface area contributed by atoms with E-state index in [2.05, 4.69) is 45.9 Å². The van der Waals surface area contributed by atoms with Crippen LogP contribution in [0.2, 0.25) is 0 Å². The van der Waals surface area contributed by atoms with Crippen LogP contribution in [0.15, 0.2) is 0 Å². The Morgan fingerprint density at radius 3 is 1.11 bits per heavy atom. The fourth-order valence-corrected chi connectivity index (χ4v) is 0.667. The van der Waals surface area contributed by atoms with Crippen LogP contribution in [0.25, 0.3) is 0 Å². The van der Waals surface area contributed by atoms with E-state index in [1.54, 1.807) is 0 Å². The average molecular weight is 127 g/mol. The normalized spacial score (nSPS) is 8.89. The van der Waals surface area contributed by atoms with Gasteiger partial charge in [0.1, 0.15) is 0 Å². The third-order valence-corrected chi connectivity index (χ3v) is 0.667. The molecule has 0 amide bonds. The molecule has 0 radical (unpaired) electrons. The van der Waals surface area contributed by atoms with Gasteiger partial charge in [-0.05, 0) is 0 Å². The first-order valence-corrected chi connectivity index (χ1v) is 3.22. The van der Waals surface area contributed by atoms with Crippen LogP contribution in [0, 0.1) is 12.8 Å². The third kappa shape index (κ3) is 18.5. The molecule has 0 bridgehead atoms. The lowest BCUT2D eigenvalue weighted by Gasteiger charge is -2.10. The molecule has 0 aromatic rings. The summed E-state index contributed by atoms with van der Waals surface area (Å²) in [6.45, 7) is 8.61.